The number of imide groups is 1. The van der Waals surface area contributed by atoms with E-state index in [4.69, 9.17) is 5.11 Å². The van der Waals surface area contributed by atoms with Gasteiger partial charge < -0.3 is 10.4 Å². The number of carbonyl (C=O) groups excluding carboxylic acids is 2. The molecule has 2 N–H and O–H groups in total. The van der Waals surface area contributed by atoms with Gasteiger partial charge in [0.1, 0.15) is 12.1 Å². The number of carbonyl (C=O) groups is 3. The topological polar surface area (TPSA) is 86.7 Å². The molecule has 1 aromatic carbocycles. The summed E-state index contributed by atoms with van der Waals surface area (Å²) in [5.41, 5.74) is 0.0232. The Morgan fingerprint density at radius 1 is 1.30 bits per heavy atom. The summed E-state index contributed by atoms with van der Waals surface area (Å²) in [6.45, 7) is 1.02. The van der Waals surface area contributed by atoms with Gasteiger partial charge in [0, 0.05) is 0 Å². The second kappa shape index (κ2) is 5.32. The zero-order chi connectivity index (χ0) is 14.8. The van der Waals surface area contributed by atoms with Gasteiger partial charge in [0.15, 0.2) is 0 Å². The molecule has 0 aromatic heterocycles. The van der Waals surface area contributed by atoms with Crippen molar-refractivity contribution in [3.8, 4) is 0 Å². The molecular formula is C14H16N2O4. The highest BCUT2D eigenvalue weighted by Gasteiger charge is 2.47. The van der Waals surface area contributed by atoms with Gasteiger partial charge in [-0.2, -0.15) is 0 Å². The van der Waals surface area contributed by atoms with Crippen LogP contribution in [0.5, 0.6) is 0 Å². The third-order valence-electron chi connectivity index (χ3n) is 3.40. The fraction of sp³-hybridized carbons (Fsp3) is 0.357. The molecule has 0 radical (unpaired) electrons. The monoisotopic (exact) mass is 276 g/mol. The van der Waals surface area contributed by atoms with Crippen molar-refractivity contribution in [3.63, 3.8) is 0 Å². The number of carboxylic acid groups (broad SMARTS) is 1. The summed E-state index contributed by atoms with van der Waals surface area (Å²) < 4.78 is 0. The summed E-state index contributed by atoms with van der Waals surface area (Å²) >= 11 is 0. The number of amides is 3. The van der Waals surface area contributed by atoms with Gasteiger partial charge >= 0.3 is 12.0 Å². The molecule has 106 valence electrons. The number of hydrogen-bond donors (Lipinski definition) is 2. The van der Waals surface area contributed by atoms with E-state index in [1.165, 1.54) is 0 Å². The number of aryl methyl sites for hydroxylation is 1. The summed E-state index contributed by atoms with van der Waals surface area (Å²) in [4.78, 5) is 35.3. The van der Waals surface area contributed by atoms with E-state index in [9.17, 15) is 14.4 Å². The number of rotatable bonds is 5. The lowest BCUT2D eigenvalue weighted by Gasteiger charge is -2.21. The molecule has 0 saturated carbocycles. The van der Waals surface area contributed by atoms with Crippen LogP contribution in [0, 0.1) is 0 Å². The molecule has 1 aromatic rings. The number of carboxylic acids is 1. The Kier molecular flexibility index (Phi) is 3.74. The van der Waals surface area contributed by atoms with Gasteiger partial charge in [0.05, 0.1) is 0 Å². The standard InChI is InChI=1S/C14H16N2O4/c1-14(8-7-10-5-3-2-4-6-10)12(19)16(9-11(17)18)13(20)15-14/h2-6H,7-9H2,1H3,(H,15,20)(H,17,18)/t14-/m0/s1. The largest absolute Gasteiger partial charge is 0.480 e. The Labute approximate surface area is 116 Å². The van der Waals surface area contributed by atoms with Crippen molar-refractivity contribution < 1.29 is 19.5 Å². The number of urea groups is 1. The number of nitrogens with zero attached hydrogens (tertiary/aromatic N) is 1. The molecule has 0 spiro atoms. The molecule has 1 atom stereocenters. The van der Waals surface area contributed by atoms with Crippen molar-refractivity contribution in [1.82, 2.24) is 10.2 Å². The van der Waals surface area contributed by atoms with Crippen LogP contribution in [0.15, 0.2) is 30.3 Å². The average Bonchev–Trinajstić information content (AvgIpc) is 2.62. The summed E-state index contributed by atoms with van der Waals surface area (Å²) in [6.07, 6.45) is 1.06. The van der Waals surface area contributed by atoms with E-state index in [2.05, 4.69) is 5.32 Å². The van der Waals surface area contributed by atoms with Gasteiger partial charge in [-0.3, -0.25) is 14.5 Å². The maximum absolute atomic E-state index is 12.2. The fourth-order valence-corrected chi connectivity index (χ4v) is 2.23. The molecular weight excluding hydrogens is 260 g/mol. The minimum Gasteiger partial charge on any atom is -0.480 e. The lowest BCUT2D eigenvalue weighted by Crippen LogP contribution is -2.44. The molecule has 0 aliphatic carbocycles. The van der Waals surface area contributed by atoms with E-state index in [0.29, 0.717) is 12.8 Å². The molecule has 1 heterocycles. The van der Waals surface area contributed by atoms with Crippen molar-refractivity contribution in [2.24, 2.45) is 0 Å². The van der Waals surface area contributed by atoms with Crippen LogP contribution in [0.4, 0.5) is 4.79 Å². The number of nitrogens with one attached hydrogen (secondary N) is 1. The van der Waals surface area contributed by atoms with Gasteiger partial charge in [0.2, 0.25) is 0 Å². The maximum atomic E-state index is 12.2. The third kappa shape index (κ3) is 2.79. The summed E-state index contributed by atoms with van der Waals surface area (Å²) in [5, 5.41) is 11.3. The smallest absolute Gasteiger partial charge is 0.325 e. The van der Waals surface area contributed by atoms with Crippen LogP contribution >= 0.6 is 0 Å². The first-order chi connectivity index (χ1) is 9.42. The Morgan fingerprint density at radius 2 is 1.95 bits per heavy atom. The van der Waals surface area contributed by atoms with E-state index in [1.54, 1.807) is 6.92 Å². The van der Waals surface area contributed by atoms with Crippen molar-refractivity contribution in [2.45, 2.75) is 25.3 Å². The first kappa shape index (κ1) is 14.0. The van der Waals surface area contributed by atoms with E-state index < -0.39 is 30.0 Å². The van der Waals surface area contributed by atoms with Gasteiger partial charge in [0.25, 0.3) is 5.91 Å². The highest BCUT2D eigenvalue weighted by atomic mass is 16.4. The van der Waals surface area contributed by atoms with Crippen molar-refractivity contribution in [2.75, 3.05) is 6.54 Å². The highest BCUT2D eigenvalue weighted by Crippen LogP contribution is 2.23. The highest BCUT2D eigenvalue weighted by molar-refractivity contribution is 6.08. The van der Waals surface area contributed by atoms with Crippen LogP contribution in [0.3, 0.4) is 0 Å². The lowest BCUT2D eigenvalue weighted by molar-refractivity contribution is -0.142. The maximum Gasteiger partial charge on any atom is 0.325 e. The quantitative estimate of drug-likeness (QED) is 0.786. The molecule has 1 fully saturated rings. The van der Waals surface area contributed by atoms with E-state index in [1.807, 2.05) is 30.3 Å². The predicted molar refractivity (Wildman–Crippen MR) is 71.0 cm³/mol. The van der Waals surface area contributed by atoms with Crippen molar-refractivity contribution in [1.29, 1.82) is 0 Å². The van der Waals surface area contributed by atoms with E-state index >= 15 is 0 Å². The predicted octanol–water partition coefficient (Wildman–Crippen LogP) is 1.01. The first-order valence-electron chi connectivity index (χ1n) is 6.32. The molecule has 0 unspecified atom stereocenters. The van der Waals surface area contributed by atoms with Crippen LogP contribution in [0.25, 0.3) is 0 Å². The van der Waals surface area contributed by atoms with Crippen LogP contribution in [0.1, 0.15) is 18.9 Å². The van der Waals surface area contributed by atoms with Crippen LogP contribution in [-0.4, -0.2) is 40.0 Å². The number of benzene rings is 1. The molecule has 3 amide bonds. The van der Waals surface area contributed by atoms with Gasteiger partial charge in [-0.15, -0.1) is 0 Å². The Balaban J connectivity index is 2.05. The summed E-state index contributed by atoms with van der Waals surface area (Å²) in [6, 6.07) is 8.96. The number of aliphatic carboxylic acids is 1. The molecule has 6 heteroatoms. The lowest BCUT2D eigenvalue weighted by atomic mass is 9.93. The zero-order valence-electron chi connectivity index (χ0n) is 11.1. The molecule has 2 rings (SSSR count). The third-order valence-corrected chi connectivity index (χ3v) is 3.40. The first-order valence-corrected chi connectivity index (χ1v) is 6.32. The van der Waals surface area contributed by atoms with Crippen LogP contribution in [0.2, 0.25) is 0 Å². The number of hydrogen-bond acceptors (Lipinski definition) is 3. The molecule has 0 bridgehead atoms. The van der Waals surface area contributed by atoms with Crippen LogP contribution in [-0.2, 0) is 16.0 Å². The molecule has 1 aliphatic rings. The Morgan fingerprint density at radius 3 is 2.55 bits per heavy atom. The fourth-order valence-electron chi connectivity index (χ4n) is 2.23. The van der Waals surface area contributed by atoms with Crippen molar-refractivity contribution >= 4 is 17.9 Å². The SMILES string of the molecule is C[C@@]1(CCc2ccccc2)NC(=O)N(CC(=O)O)C1=O. The minimum atomic E-state index is -1.21. The Bertz CT molecular complexity index is 543. The minimum absolute atomic E-state index is 0.428. The molecule has 1 aliphatic heterocycles. The molecule has 6 nitrogen and oxygen atoms in total. The summed E-state index contributed by atoms with van der Waals surface area (Å²) in [7, 11) is 0. The van der Waals surface area contributed by atoms with Crippen molar-refractivity contribution in [3.05, 3.63) is 35.9 Å². The molecule has 20 heavy (non-hydrogen) atoms. The summed E-state index contributed by atoms with van der Waals surface area (Å²) in [5.74, 6) is -1.69. The second-order valence-corrected chi connectivity index (χ2v) is 5.03. The van der Waals surface area contributed by atoms with E-state index in [0.717, 1.165) is 10.5 Å². The van der Waals surface area contributed by atoms with Crippen LogP contribution < -0.4 is 5.32 Å². The normalized spacial score (nSPS) is 21.9. The Hall–Kier alpha value is -2.37. The van der Waals surface area contributed by atoms with Gasteiger partial charge in [-0.25, -0.2) is 4.79 Å². The van der Waals surface area contributed by atoms with Gasteiger partial charge in [-0.05, 0) is 25.3 Å². The van der Waals surface area contributed by atoms with E-state index in [-0.39, 0.29) is 0 Å². The molecule has 1 saturated heterocycles. The average molecular weight is 276 g/mol. The zero-order valence-corrected chi connectivity index (χ0v) is 11.1. The second-order valence-electron chi connectivity index (χ2n) is 5.03. The van der Waals surface area contributed by atoms with Gasteiger partial charge in [-0.1, -0.05) is 30.3 Å².